The lowest BCUT2D eigenvalue weighted by Crippen LogP contribution is -2.48. The summed E-state index contributed by atoms with van der Waals surface area (Å²) in [5.74, 6) is 0.898. The SMILES string of the molecule is CN1CCN(C(=O)Nc2cncc(C3=CNC4NNC(c5nc6c(C7=CC(F)CC=C7)ccc(CN(C)C(O)Nc7cncc(-c8cnc9[nH]nc(C%10=NC%11C(c%12cccc(F)c%12)=CC=C(CCC(O)Nc%12cncc(C(/C=C%13\ONN=C%13c%13nc%14c([nH]%13)C=CCC%14c%13ccccc%13F)=C/N)c%12)C%11N%10)c9c8)c7)c6[nH]5)C4C3)c2)CC1. The Kier molecular flexibility index (Phi) is 19.7. The molecule has 2 fully saturated rings. The molecule has 3 aromatic carbocycles. The first kappa shape index (κ1) is 72.6. The quantitative estimate of drug-likeness (QED) is 0.0297. The molecule has 28 nitrogen and oxygen atoms in total. The van der Waals surface area contributed by atoms with Gasteiger partial charge in [-0.15, -0.1) is 10.7 Å². The molecule has 8 aliphatic rings. The second-order valence-electron chi connectivity index (χ2n) is 29.6. The summed E-state index contributed by atoms with van der Waals surface area (Å²) in [6, 6.07) is 23.3. The van der Waals surface area contributed by atoms with E-state index in [-0.39, 0.29) is 54.7 Å². The Morgan fingerprint density at radius 1 is 0.833 bits per heavy atom. The fraction of sp³-hybridized carbons (Fsp3) is 0.253. The third-order valence-corrected chi connectivity index (χ3v) is 22.1. The number of allylic oxidation sites excluding steroid dienone is 11. The van der Waals surface area contributed by atoms with Crippen LogP contribution in [-0.4, -0.2) is 170 Å². The average Bonchev–Trinajstić information content (AvgIpc) is 1.61. The Balaban J connectivity index is 0.541. The zero-order chi connectivity index (χ0) is 77.7. The number of likely N-dealkylation sites (N-methyl/N-ethyl adjacent to an activating group) is 1. The van der Waals surface area contributed by atoms with Crippen LogP contribution in [0.3, 0.4) is 0 Å². The summed E-state index contributed by atoms with van der Waals surface area (Å²) in [6.07, 6.45) is 28.9. The van der Waals surface area contributed by atoms with E-state index in [1.807, 2.05) is 96.1 Å². The van der Waals surface area contributed by atoms with Crippen LogP contribution in [0.2, 0.25) is 0 Å². The van der Waals surface area contributed by atoms with E-state index >= 15 is 8.78 Å². The van der Waals surface area contributed by atoms with Crippen LogP contribution in [0.15, 0.2) is 205 Å². The van der Waals surface area contributed by atoms with Crippen LogP contribution in [0.4, 0.5) is 35.0 Å². The molecule has 12 heterocycles. The number of carbonyl (C=O) groups excluding carboxylic acids is 1. The van der Waals surface area contributed by atoms with Crippen LogP contribution in [-0.2, 0) is 11.4 Å². The van der Waals surface area contributed by atoms with Crippen LogP contribution in [0.5, 0.6) is 0 Å². The van der Waals surface area contributed by atoms with E-state index in [2.05, 4.69) is 90.1 Å². The molecule has 2 saturated heterocycles. The number of nitrogens with zero attached hydrogens (tertiary/aromatic N) is 12. The number of amidine groups is 1. The van der Waals surface area contributed by atoms with Crippen LogP contribution < -0.4 is 48.8 Å². The molecule has 10 aromatic rings. The normalized spacial score (nSPS) is 22.1. The van der Waals surface area contributed by atoms with Crippen molar-refractivity contribution in [2.24, 2.45) is 21.7 Å². The molecule has 0 radical (unpaired) electrons. The monoisotopic (exact) mass is 1530 g/mol. The Hall–Kier alpha value is -12.9. The fourth-order valence-electron chi connectivity index (χ4n) is 16.1. The number of aromatic nitrogens is 10. The molecule has 0 spiro atoms. The third kappa shape index (κ3) is 14.7. The van der Waals surface area contributed by atoms with Gasteiger partial charge in [0, 0.05) is 116 Å². The molecule has 2 amide bonds. The largest absolute Gasteiger partial charge is 0.404 e. The van der Waals surface area contributed by atoms with Gasteiger partial charge >= 0.3 is 6.03 Å². The number of benzene rings is 3. The van der Waals surface area contributed by atoms with Gasteiger partial charge in [0.15, 0.2) is 35.1 Å². The van der Waals surface area contributed by atoms with E-state index in [1.165, 1.54) is 24.4 Å². The van der Waals surface area contributed by atoms with Gasteiger partial charge in [0.25, 0.3) is 0 Å². The van der Waals surface area contributed by atoms with Crippen molar-refractivity contribution in [2.75, 3.05) is 56.2 Å². The standard InChI is InChI=1S/C83H81F3N24O4/c1-108-22-24-110(25-23-108)83(113)95-58-30-51(37-90-42-58)53-32-64-75(103-106-78(64)92-39-53)80-98-70-47(17-20-60(73(70)101-80)46-9-6-11-55(85)27-46)43-109(2)82(112)94-57-29-50(36-89-41-57)52-31-63-74(102-105-77(63)91-38-52)79-97-69-44(16-19-59(72(69)100-79)45-8-5-10-54(84)26-45)18-21-68(111)93-56-28-49(35-88-40-56)48(34-87)33-67-76(104-107-114-67)81-96-66-15-7-13-62(71(66)99-81)61-12-3-4-14-65(61)86/h3-10,12,14-17,19-20,26-31,33-42,55,62,64,68-69,72,75,78,82,92-94,103,106-107,111-112H,11,13,18,21-25,32,43,87H2,1-2H3,(H,95,113)(H,96,99)(H,97,100)(H,98,101)(H,91,102,105)/b48-34+,67-33-. The number of halogens is 3. The highest BCUT2D eigenvalue weighted by Gasteiger charge is 2.42. The number of hydrazone groups is 1. The van der Waals surface area contributed by atoms with E-state index in [0.29, 0.717) is 146 Å². The van der Waals surface area contributed by atoms with Gasteiger partial charge in [-0.05, 0) is 145 Å². The van der Waals surface area contributed by atoms with Crippen molar-refractivity contribution >= 4 is 85.1 Å². The van der Waals surface area contributed by atoms with E-state index in [9.17, 15) is 19.4 Å². The van der Waals surface area contributed by atoms with Crippen molar-refractivity contribution in [3.05, 3.63) is 268 Å². The minimum atomic E-state index is -1.21. The van der Waals surface area contributed by atoms with E-state index in [4.69, 9.17) is 35.6 Å². The number of hydrogen-bond donors (Lipinski definition) is 14. The van der Waals surface area contributed by atoms with Crippen molar-refractivity contribution in [1.82, 2.24) is 91.8 Å². The number of fused-ring (bicyclic) bond motifs is 5. The number of urea groups is 1. The lowest BCUT2D eigenvalue weighted by molar-refractivity contribution is 0.0409. The smallest absolute Gasteiger partial charge is 0.321 e. The minimum Gasteiger partial charge on any atom is -0.404 e. The summed E-state index contributed by atoms with van der Waals surface area (Å²) < 4.78 is 45.1. The van der Waals surface area contributed by atoms with Crippen molar-refractivity contribution in [3.63, 3.8) is 0 Å². The summed E-state index contributed by atoms with van der Waals surface area (Å²) in [5.41, 5.74) is 31.4. The predicted octanol–water partition coefficient (Wildman–Crippen LogP) is 10.1. The first-order valence-electron chi connectivity index (χ1n) is 37.9. The van der Waals surface area contributed by atoms with E-state index in [0.717, 1.165) is 63.3 Å². The molecule has 5 aliphatic heterocycles. The van der Waals surface area contributed by atoms with Gasteiger partial charge in [-0.3, -0.25) is 29.9 Å². The van der Waals surface area contributed by atoms with Crippen molar-refractivity contribution in [2.45, 2.75) is 87.6 Å². The number of imidazole rings is 2. The lowest BCUT2D eigenvalue weighted by Gasteiger charge is -2.32. The second kappa shape index (κ2) is 31.0. The molecule has 3 aliphatic carbocycles. The molecule has 31 heteroatoms. The number of rotatable bonds is 21. The molecule has 18 rings (SSSR count). The summed E-state index contributed by atoms with van der Waals surface area (Å²) in [4.78, 5) is 65.7. The van der Waals surface area contributed by atoms with Gasteiger partial charge in [-0.1, -0.05) is 72.8 Å². The van der Waals surface area contributed by atoms with E-state index in [1.54, 1.807) is 85.7 Å². The number of amides is 2. The predicted molar refractivity (Wildman–Crippen MR) is 430 cm³/mol. The van der Waals surface area contributed by atoms with Crippen LogP contribution in [0.1, 0.15) is 106 Å². The number of piperazine rings is 1. The molecule has 9 unspecified atom stereocenters. The molecule has 7 aromatic heterocycles. The highest BCUT2D eigenvalue weighted by atomic mass is 19.1. The van der Waals surface area contributed by atoms with Gasteiger partial charge < -0.3 is 67.1 Å². The topological polar surface area (TPSA) is 361 Å². The number of aliphatic hydroxyl groups is 2. The number of pyridine rings is 4. The number of nitrogens with two attached hydrogens (primary N) is 1. The van der Waals surface area contributed by atoms with Crippen LogP contribution in [0, 0.1) is 17.6 Å². The maximum Gasteiger partial charge on any atom is 0.321 e. The third-order valence-electron chi connectivity index (χ3n) is 22.1. The number of hydrogen-bond acceptors (Lipinski definition) is 23. The summed E-state index contributed by atoms with van der Waals surface area (Å²) in [6.45, 7) is 3.19. The number of aromatic amines is 3. The number of carbonyl (C=O) groups is 1. The Morgan fingerprint density at radius 3 is 2.50 bits per heavy atom. The number of H-pyrrole nitrogens is 3. The maximum atomic E-state index is 15.1. The summed E-state index contributed by atoms with van der Waals surface area (Å²) in [5, 5.41) is 53.3. The highest BCUT2D eigenvalue weighted by Crippen LogP contribution is 2.42. The van der Waals surface area contributed by atoms with Gasteiger partial charge in [-0.25, -0.2) is 43.8 Å². The molecule has 578 valence electrons. The number of aliphatic hydroxyl groups excluding tert-OH is 2. The molecule has 0 bridgehead atoms. The Morgan fingerprint density at radius 2 is 1.65 bits per heavy atom. The zero-order valence-electron chi connectivity index (χ0n) is 62.0. The summed E-state index contributed by atoms with van der Waals surface area (Å²) in [7, 11) is 3.86. The zero-order valence-corrected chi connectivity index (χ0v) is 62.0. The summed E-state index contributed by atoms with van der Waals surface area (Å²) >= 11 is 0. The fourth-order valence-corrected chi connectivity index (χ4v) is 16.1. The highest BCUT2D eigenvalue weighted by molar-refractivity contribution is 6.11. The average molecular weight is 1540 g/mol. The molecule has 9 atom stereocenters. The molecule has 0 saturated carbocycles. The Labute approximate surface area is 651 Å². The number of nitrogens with one attached hydrogen (secondary N) is 11. The van der Waals surface area contributed by atoms with Crippen molar-refractivity contribution in [1.29, 1.82) is 0 Å². The van der Waals surface area contributed by atoms with Crippen molar-refractivity contribution < 1.29 is 33.0 Å². The van der Waals surface area contributed by atoms with Gasteiger partial charge in [0.2, 0.25) is 0 Å². The van der Waals surface area contributed by atoms with Gasteiger partial charge in [0.1, 0.15) is 41.6 Å². The van der Waals surface area contributed by atoms with Crippen LogP contribution in [0.25, 0.3) is 61.6 Å². The van der Waals surface area contributed by atoms with Gasteiger partial charge in [-0.2, -0.15) is 5.10 Å². The molecule has 114 heavy (non-hydrogen) atoms. The molecular formula is C83H81F3N24O4. The van der Waals surface area contributed by atoms with Crippen LogP contribution >= 0.6 is 0 Å². The first-order chi connectivity index (χ1) is 55.6. The Bertz CT molecular complexity index is 5750. The molecular weight excluding hydrogens is 1450 g/mol. The number of hydrazine groups is 1. The first-order valence-corrected chi connectivity index (χ1v) is 37.9. The number of anilines is 3. The molecule has 15 N–H and O–H groups in total. The second-order valence-corrected chi connectivity index (χ2v) is 29.6. The van der Waals surface area contributed by atoms with E-state index < -0.39 is 30.8 Å². The minimum absolute atomic E-state index is 0.0325. The maximum absolute atomic E-state index is 15.1. The van der Waals surface area contributed by atoms with Crippen molar-refractivity contribution in [3.8, 4) is 11.1 Å². The van der Waals surface area contributed by atoms with Gasteiger partial charge in [0.05, 0.1) is 81.7 Å². The number of aliphatic imine (C=N–C) groups is 1. The number of alkyl halides is 1. The lowest BCUT2D eigenvalue weighted by atomic mass is 9.84.